The molecule has 156 valence electrons. The van der Waals surface area contributed by atoms with Crippen LogP contribution in [0.4, 0.5) is 0 Å². The fraction of sp³-hybridized carbons (Fsp3) is 0.833. The zero-order valence-electron chi connectivity index (χ0n) is 18.7. The summed E-state index contributed by atoms with van der Waals surface area (Å²) >= 11 is 0. The SMILES string of the molecule is CC[C@@H]1[C@@H](C(C)(C)CC)[C@@H](O)C[C@]2(C)[C@@H](C(C)Cn3cc(C#N)cn3)CC[C@@H]12. The number of aromatic nitrogens is 2. The summed E-state index contributed by atoms with van der Waals surface area (Å²) in [5.41, 5.74) is 1.02. The molecule has 0 spiro atoms. The molecule has 0 aliphatic heterocycles. The zero-order chi connectivity index (χ0) is 20.7. The maximum Gasteiger partial charge on any atom is 0.102 e. The number of nitriles is 1. The highest BCUT2D eigenvalue weighted by Gasteiger charge is 2.58. The van der Waals surface area contributed by atoms with Crippen LogP contribution in [0.5, 0.6) is 0 Å². The van der Waals surface area contributed by atoms with Gasteiger partial charge in [-0.3, -0.25) is 4.68 Å². The molecule has 4 nitrogen and oxygen atoms in total. The first-order valence-corrected chi connectivity index (χ1v) is 11.3. The predicted octanol–water partition coefficient (Wildman–Crippen LogP) is 5.27. The Morgan fingerprint density at radius 2 is 2.11 bits per heavy atom. The molecule has 1 N–H and O–H groups in total. The van der Waals surface area contributed by atoms with Crippen molar-refractivity contribution in [3.63, 3.8) is 0 Å². The van der Waals surface area contributed by atoms with Crippen LogP contribution in [-0.4, -0.2) is 21.0 Å². The Bertz CT molecular complexity index is 718. The van der Waals surface area contributed by atoms with Gasteiger partial charge in [0.1, 0.15) is 6.07 Å². The highest BCUT2D eigenvalue weighted by atomic mass is 16.3. The van der Waals surface area contributed by atoms with Crippen molar-refractivity contribution in [3.8, 4) is 6.07 Å². The lowest BCUT2D eigenvalue weighted by Gasteiger charge is -2.56. The van der Waals surface area contributed by atoms with Gasteiger partial charge in [0.05, 0.1) is 17.9 Å². The second kappa shape index (κ2) is 7.82. The minimum absolute atomic E-state index is 0.188. The van der Waals surface area contributed by atoms with E-state index in [-0.39, 0.29) is 16.9 Å². The summed E-state index contributed by atoms with van der Waals surface area (Å²) in [5.74, 6) is 2.80. The molecule has 0 aromatic carbocycles. The summed E-state index contributed by atoms with van der Waals surface area (Å²) in [6, 6.07) is 2.17. The monoisotopic (exact) mass is 385 g/mol. The van der Waals surface area contributed by atoms with Crippen molar-refractivity contribution < 1.29 is 5.11 Å². The van der Waals surface area contributed by atoms with Crippen LogP contribution in [0.15, 0.2) is 12.4 Å². The van der Waals surface area contributed by atoms with E-state index in [0.717, 1.165) is 25.8 Å². The maximum absolute atomic E-state index is 11.3. The Labute approximate surface area is 171 Å². The van der Waals surface area contributed by atoms with Gasteiger partial charge in [0, 0.05) is 12.7 Å². The standard InChI is InChI=1S/C24H39N3O/c1-7-18-20-10-9-19(16(3)14-27-15-17(12-25)13-26-27)24(20,6)11-21(28)22(18)23(4,5)8-2/h13,15-16,18-22,28H,7-11,14H2,1-6H3/t16?,18-,19+,20-,21-,22+,24+/m0/s1. The minimum atomic E-state index is -0.205. The molecule has 0 saturated heterocycles. The third-order valence-corrected chi connectivity index (χ3v) is 8.73. The van der Waals surface area contributed by atoms with E-state index in [0.29, 0.717) is 35.2 Å². The van der Waals surface area contributed by atoms with Crippen molar-refractivity contribution >= 4 is 0 Å². The van der Waals surface area contributed by atoms with Gasteiger partial charge in [-0.15, -0.1) is 0 Å². The van der Waals surface area contributed by atoms with Crippen molar-refractivity contribution in [1.82, 2.24) is 9.78 Å². The van der Waals surface area contributed by atoms with Crippen LogP contribution in [0.2, 0.25) is 0 Å². The van der Waals surface area contributed by atoms with Crippen molar-refractivity contribution in [3.05, 3.63) is 18.0 Å². The minimum Gasteiger partial charge on any atom is -0.393 e. The topological polar surface area (TPSA) is 61.8 Å². The summed E-state index contributed by atoms with van der Waals surface area (Å²) < 4.78 is 1.93. The van der Waals surface area contributed by atoms with Crippen molar-refractivity contribution in [2.75, 3.05) is 0 Å². The lowest BCUT2D eigenvalue weighted by atomic mass is 9.50. The Morgan fingerprint density at radius 3 is 2.68 bits per heavy atom. The van der Waals surface area contributed by atoms with Crippen molar-refractivity contribution in [2.45, 2.75) is 86.3 Å². The second-order valence-electron chi connectivity index (χ2n) is 10.5. The summed E-state index contributed by atoms with van der Waals surface area (Å²) in [6.45, 7) is 14.9. The smallest absolute Gasteiger partial charge is 0.102 e. The van der Waals surface area contributed by atoms with Crippen molar-refractivity contribution in [2.24, 2.45) is 40.4 Å². The Balaban J connectivity index is 1.82. The zero-order valence-corrected chi connectivity index (χ0v) is 18.7. The molecule has 2 aliphatic carbocycles. The number of hydrogen-bond donors (Lipinski definition) is 1. The first-order valence-electron chi connectivity index (χ1n) is 11.3. The Hall–Kier alpha value is -1.34. The number of nitrogens with zero attached hydrogens (tertiary/aromatic N) is 3. The van der Waals surface area contributed by atoms with E-state index >= 15 is 0 Å². The van der Waals surface area contributed by atoms with Crippen molar-refractivity contribution in [1.29, 1.82) is 5.26 Å². The summed E-state index contributed by atoms with van der Waals surface area (Å²) in [7, 11) is 0. The molecule has 0 amide bonds. The van der Waals surface area contributed by atoms with Gasteiger partial charge < -0.3 is 5.11 Å². The first-order chi connectivity index (χ1) is 13.2. The van der Waals surface area contributed by atoms with Crippen LogP contribution in [0.1, 0.15) is 79.2 Å². The third-order valence-electron chi connectivity index (χ3n) is 8.73. The van der Waals surface area contributed by atoms with E-state index in [1.54, 1.807) is 6.20 Å². The average molecular weight is 386 g/mol. The van der Waals surface area contributed by atoms with Crippen LogP contribution in [0, 0.1) is 51.8 Å². The van der Waals surface area contributed by atoms with Crippen LogP contribution >= 0.6 is 0 Å². The lowest BCUT2D eigenvalue weighted by Crippen LogP contribution is -2.53. The van der Waals surface area contributed by atoms with E-state index in [1.807, 2.05) is 10.9 Å². The number of hydrogen-bond acceptors (Lipinski definition) is 3. The molecule has 1 aromatic heterocycles. The van der Waals surface area contributed by atoms with E-state index in [1.165, 1.54) is 12.8 Å². The first kappa shape index (κ1) is 21.4. The molecule has 3 rings (SSSR count). The number of aliphatic hydroxyl groups excluding tert-OH is 1. The number of fused-ring (bicyclic) bond motifs is 1. The van der Waals surface area contributed by atoms with E-state index in [4.69, 9.17) is 5.26 Å². The summed E-state index contributed by atoms with van der Waals surface area (Å²) in [4.78, 5) is 0. The molecular formula is C24H39N3O. The molecule has 4 heteroatoms. The Morgan fingerprint density at radius 1 is 1.39 bits per heavy atom. The van der Waals surface area contributed by atoms with Crippen LogP contribution < -0.4 is 0 Å². The van der Waals surface area contributed by atoms with Crippen LogP contribution in [0.3, 0.4) is 0 Å². The predicted molar refractivity (Wildman–Crippen MR) is 112 cm³/mol. The molecule has 2 saturated carbocycles. The van der Waals surface area contributed by atoms with Gasteiger partial charge in [-0.25, -0.2) is 0 Å². The highest BCUT2D eigenvalue weighted by molar-refractivity contribution is 5.21. The lowest BCUT2D eigenvalue weighted by molar-refractivity contribution is -0.123. The molecular weight excluding hydrogens is 346 g/mol. The van der Waals surface area contributed by atoms with Crippen LogP contribution in [0.25, 0.3) is 0 Å². The molecule has 1 aromatic rings. The van der Waals surface area contributed by atoms with Crippen LogP contribution in [-0.2, 0) is 6.54 Å². The quantitative estimate of drug-likeness (QED) is 0.726. The van der Waals surface area contributed by atoms with Gasteiger partial charge in [-0.1, -0.05) is 54.4 Å². The summed E-state index contributed by atoms with van der Waals surface area (Å²) in [5, 5.41) is 24.7. The van der Waals surface area contributed by atoms with Gasteiger partial charge in [-0.2, -0.15) is 10.4 Å². The molecule has 1 heterocycles. The Kier molecular flexibility index (Phi) is 5.97. The maximum atomic E-state index is 11.3. The van der Waals surface area contributed by atoms with E-state index < -0.39 is 0 Å². The number of aliphatic hydroxyl groups is 1. The highest BCUT2D eigenvalue weighted by Crippen LogP contribution is 2.63. The molecule has 7 atom stereocenters. The molecule has 28 heavy (non-hydrogen) atoms. The average Bonchev–Trinajstić information content (AvgIpc) is 3.23. The van der Waals surface area contributed by atoms with Gasteiger partial charge in [0.15, 0.2) is 0 Å². The largest absolute Gasteiger partial charge is 0.393 e. The fourth-order valence-corrected chi connectivity index (χ4v) is 7.17. The van der Waals surface area contributed by atoms with Gasteiger partial charge in [-0.05, 0) is 59.7 Å². The molecule has 1 unspecified atom stereocenters. The third kappa shape index (κ3) is 3.52. The van der Waals surface area contributed by atoms with Gasteiger partial charge >= 0.3 is 0 Å². The fourth-order valence-electron chi connectivity index (χ4n) is 7.17. The van der Waals surface area contributed by atoms with Gasteiger partial charge in [0.2, 0.25) is 0 Å². The molecule has 0 bridgehead atoms. The normalized spacial score (nSPS) is 36.7. The molecule has 2 aliphatic rings. The molecule has 0 radical (unpaired) electrons. The van der Waals surface area contributed by atoms with E-state index in [9.17, 15) is 5.11 Å². The number of rotatable bonds is 6. The van der Waals surface area contributed by atoms with E-state index in [2.05, 4.69) is 52.7 Å². The summed E-state index contributed by atoms with van der Waals surface area (Å²) in [6.07, 6.45) is 9.05. The second-order valence-corrected chi connectivity index (χ2v) is 10.5. The molecule has 2 fully saturated rings. The van der Waals surface area contributed by atoms with Gasteiger partial charge in [0.25, 0.3) is 0 Å².